The van der Waals surface area contributed by atoms with Crippen LogP contribution in [-0.4, -0.2) is 16.7 Å². The van der Waals surface area contributed by atoms with Gasteiger partial charge < -0.3 is 9.72 Å². The molecule has 2 aromatic carbocycles. The number of aromatic amines is 1. The summed E-state index contributed by atoms with van der Waals surface area (Å²) in [6.07, 6.45) is 0. The number of aromatic nitrogens is 2. The maximum Gasteiger partial charge on any atom is 0.179 e. The standard InChI is InChI=1S/C17H17N3OS/c1-11-3-8-15-14(9-11)16(18)20(17(22)19-15)10-12-4-6-13(21-2)7-5-12/h3-9,18H,10H2,1-2H3,(H,19,22). The zero-order valence-electron chi connectivity index (χ0n) is 12.5. The van der Waals surface area contributed by atoms with Crippen molar-refractivity contribution in [3.8, 4) is 5.75 Å². The molecular formula is C17H17N3OS. The van der Waals surface area contributed by atoms with Crippen LogP contribution >= 0.6 is 12.2 Å². The minimum Gasteiger partial charge on any atom is -0.497 e. The summed E-state index contributed by atoms with van der Waals surface area (Å²) in [5.41, 5.74) is 3.53. The molecule has 1 heterocycles. The normalized spacial score (nSPS) is 10.8. The van der Waals surface area contributed by atoms with E-state index in [-0.39, 0.29) is 0 Å². The van der Waals surface area contributed by atoms with Gasteiger partial charge in [0.1, 0.15) is 11.2 Å². The lowest BCUT2D eigenvalue weighted by Crippen LogP contribution is -2.23. The highest BCUT2D eigenvalue weighted by Gasteiger charge is 2.04. The average Bonchev–Trinajstić information content (AvgIpc) is 2.53. The highest BCUT2D eigenvalue weighted by molar-refractivity contribution is 7.71. The molecular weight excluding hydrogens is 294 g/mol. The fraction of sp³-hybridized carbons (Fsp3) is 0.176. The van der Waals surface area contributed by atoms with E-state index in [1.54, 1.807) is 11.7 Å². The van der Waals surface area contributed by atoms with E-state index in [1.807, 2.05) is 49.4 Å². The van der Waals surface area contributed by atoms with Crippen molar-refractivity contribution in [1.82, 2.24) is 9.55 Å². The Bertz CT molecular complexity index is 939. The molecule has 0 radical (unpaired) electrons. The molecule has 0 unspecified atom stereocenters. The number of aryl methyl sites for hydroxylation is 1. The lowest BCUT2D eigenvalue weighted by molar-refractivity contribution is 0.414. The van der Waals surface area contributed by atoms with Gasteiger partial charge in [-0.15, -0.1) is 0 Å². The summed E-state index contributed by atoms with van der Waals surface area (Å²) in [6.45, 7) is 2.58. The molecule has 0 bridgehead atoms. The van der Waals surface area contributed by atoms with Gasteiger partial charge >= 0.3 is 0 Å². The molecule has 1 aromatic heterocycles. The van der Waals surface area contributed by atoms with Crippen LogP contribution in [0.15, 0.2) is 42.5 Å². The lowest BCUT2D eigenvalue weighted by atomic mass is 10.1. The number of ether oxygens (including phenoxy) is 1. The molecule has 3 aromatic rings. The number of fused-ring (bicyclic) bond motifs is 1. The molecule has 112 valence electrons. The first-order valence-electron chi connectivity index (χ1n) is 6.99. The van der Waals surface area contributed by atoms with Crippen LogP contribution in [0, 0.1) is 17.1 Å². The van der Waals surface area contributed by atoms with Crippen molar-refractivity contribution in [3.05, 3.63) is 63.9 Å². The van der Waals surface area contributed by atoms with E-state index in [0.29, 0.717) is 16.8 Å². The fourth-order valence-corrected chi connectivity index (χ4v) is 2.72. The van der Waals surface area contributed by atoms with E-state index in [2.05, 4.69) is 4.98 Å². The molecule has 0 amide bonds. The SMILES string of the molecule is COc1ccc(Cn2c(=S)[nH]c3ccc(C)cc3c2=N)cc1. The Morgan fingerprint density at radius 2 is 1.91 bits per heavy atom. The smallest absolute Gasteiger partial charge is 0.179 e. The van der Waals surface area contributed by atoms with Gasteiger partial charge in [0.05, 0.1) is 19.2 Å². The van der Waals surface area contributed by atoms with Crippen molar-refractivity contribution < 1.29 is 4.74 Å². The van der Waals surface area contributed by atoms with E-state index < -0.39 is 0 Å². The lowest BCUT2D eigenvalue weighted by Gasteiger charge is -2.11. The number of methoxy groups -OCH3 is 1. The molecule has 4 nitrogen and oxygen atoms in total. The summed E-state index contributed by atoms with van der Waals surface area (Å²) >= 11 is 5.41. The van der Waals surface area contributed by atoms with E-state index >= 15 is 0 Å². The van der Waals surface area contributed by atoms with Crippen LogP contribution in [0.25, 0.3) is 10.9 Å². The zero-order chi connectivity index (χ0) is 15.7. The van der Waals surface area contributed by atoms with Crippen molar-refractivity contribution in [2.45, 2.75) is 13.5 Å². The highest BCUT2D eigenvalue weighted by Crippen LogP contribution is 2.13. The molecule has 0 aliphatic rings. The third-order valence-corrected chi connectivity index (χ3v) is 4.01. The first kappa shape index (κ1) is 14.5. The Labute approximate surface area is 133 Å². The van der Waals surface area contributed by atoms with E-state index in [4.69, 9.17) is 22.4 Å². The molecule has 5 heteroatoms. The summed E-state index contributed by atoms with van der Waals surface area (Å²) in [5, 5.41) is 9.33. The maximum absolute atomic E-state index is 8.46. The number of H-pyrrole nitrogens is 1. The highest BCUT2D eigenvalue weighted by atomic mass is 32.1. The summed E-state index contributed by atoms with van der Waals surface area (Å²) in [4.78, 5) is 3.20. The first-order valence-corrected chi connectivity index (χ1v) is 7.40. The fourth-order valence-electron chi connectivity index (χ4n) is 2.46. The van der Waals surface area contributed by atoms with Crippen LogP contribution < -0.4 is 10.2 Å². The van der Waals surface area contributed by atoms with Crippen molar-refractivity contribution in [1.29, 1.82) is 5.41 Å². The minimum atomic E-state index is 0.429. The predicted octanol–water partition coefficient (Wildman–Crippen LogP) is 3.54. The number of nitrogens with one attached hydrogen (secondary N) is 2. The predicted molar refractivity (Wildman–Crippen MR) is 89.8 cm³/mol. The van der Waals surface area contributed by atoms with Crippen LogP contribution in [-0.2, 0) is 6.54 Å². The van der Waals surface area contributed by atoms with Crippen LogP contribution in [0.3, 0.4) is 0 Å². The van der Waals surface area contributed by atoms with E-state index in [9.17, 15) is 0 Å². The summed E-state index contributed by atoms with van der Waals surface area (Å²) < 4.78 is 7.52. The number of rotatable bonds is 3. The molecule has 0 saturated carbocycles. The van der Waals surface area contributed by atoms with Crippen molar-refractivity contribution >= 4 is 23.1 Å². The minimum absolute atomic E-state index is 0.429. The topological polar surface area (TPSA) is 53.8 Å². The first-order chi connectivity index (χ1) is 10.6. The largest absolute Gasteiger partial charge is 0.497 e. The van der Waals surface area contributed by atoms with Gasteiger partial charge in [0, 0.05) is 5.39 Å². The van der Waals surface area contributed by atoms with Gasteiger partial charge in [-0.2, -0.15) is 0 Å². The second-order valence-electron chi connectivity index (χ2n) is 5.26. The zero-order valence-corrected chi connectivity index (χ0v) is 13.3. The molecule has 2 N–H and O–H groups in total. The molecule has 0 aliphatic heterocycles. The number of hydrogen-bond donors (Lipinski definition) is 2. The Balaban J connectivity index is 2.09. The van der Waals surface area contributed by atoms with Crippen LogP contribution in [0.4, 0.5) is 0 Å². The van der Waals surface area contributed by atoms with E-state index in [0.717, 1.165) is 27.8 Å². The van der Waals surface area contributed by atoms with Crippen molar-refractivity contribution in [3.63, 3.8) is 0 Å². The molecule has 0 saturated heterocycles. The van der Waals surface area contributed by atoms with Gasteiger partial charge in [-0.05, 0) is 49.0 Å². The average molecular weight is 311 g/mol. The third-order valence-electron chi connectivity index (χ3n) is 3.69. The van der Waals surface area contributed by atoms with E-state index in [1.165, 1.54) is 0 Å². The Hall–Kier alpha value is -2.40. The quantitative estimate of drug-likeness (QED) is 0.727. The molecule has 0 spiro atoms. The maximum atomic E-state index is 8.46. The van der Waals surface area contributed by atoms with Crippen molar-refractivity contribution in [2.24, 2.45) is 0 Å². The summed E-state index contributed by atoms with van der Waals surface area (Å²) in [5.74, 6) is 0.819. The van der Waals surface area contributed by atoms with Crippen molar-refractivity contribution in [2.75, 3.05) is 7.11 Å². The molecule has 0 aliphatic carbocycles. The summed E-state index contributed by atoms with van der Waals surface area (Å²) in [6, 6.07) is 13.8. The third kappa shape index (κ3) is 2.67. The van der Waals surface area contributed by atoms with Gasteiger partial charge in [-0.25, -0.2) is 0 Å². The Morgan fingerprint density at radius 3 is 2.59 bits per heavy atom. The van der Waals surface area contributed by atoms with Crippen LogP contribution in [0.1, 0.15) is 11.1 Å². The second kappa shape index (κ2) is 5.77. The van der Waals surface area contributed by atoms with Crippen LogP contribution in [0.5, 0.6) is 5.75 Å². The number of benzene rings is 2. The number of hydrogen-bond acceptors (Lipinski definition) is 3. The number of nitrogens with zero attached hydrogens (tertiary/aromatic N) is 1. The molecule has 3 rings (SSSR count). The second-order valence-corrected chi connectivity index (χ2v) is 5.65. The van der Waals surface area contributed by atoms with Gasteiger partial charge in [-0.3, -0.25) is 9.98 Å². The molecule has 0 atom stereocenters. The van der Waals surface area contributed by atoms with Gasteiger partial charge in [0.2, 0.25) is 0 Å². The van der Waals surface area contributed by atoms with Gasteiger partial charge in [0.15, 0.2) is 4.77 Å². The monoisotopic (exact) mass is 311 g/mol. The molecule has 0 fully saturated rings. The van der Waals surface area contributed by atoms with Crippen LogP contribution in [0.2, 0.25) is 0 Å². The summed E-state index contributed by atoms with van der Waals surface area (Å²) in [7, 11) is 1.65. The molecule has 22 heavy (non-hydrogen) atoms. The Morgan fingerprint density at radius 1 is 1.18 bits per heavy atom. The Kier molecular flexibility index (Phi) is 3.81. The van der Waals surface area contributed by atoms with Gasteiger partial charge in [0.25, 0.3) is 0 Å². The van der Waals surface area contributed by atoms with Gasteiger partial charge in [-0.1, -0.05) is 23.8 Å².